The molecule has 1 N–H and O–H groups in total. The van der Waals surface area contributed by atoms with E-state index >= 15 is 0 Å². The second kappa shape index (κ2) is 6.33. The maximum Gasteiger partial charge on any atom is 0.344 e. The predicted octanol–water partition coefficient (Wildman–Crippen LogP) is 3.85. The van der Waals surface area contributed by atoms with E-state index in [1.165, 1.54) is 25.3 Å². The lowest BCUT2D eigenvalue weighted by Gasteiger charge is -2.10. The van der Waals surface area contributed by atoms with E-state index in [0.717, 1.165) is 12.1 Å². The van der Waals surface area contributed by atoms with Crippen LogP contribution in [0.25, 0.3) is 10.8 Å². The number of halogens is 2. The Labute approximate surface area is 140 Å². The van der Waals surface area contributed by atoms with E-state index in [4.69, 9.17) is 20.8 Å². The second-order valence-electron chi connectivity index (χ2n) is 4.93. The van der Waals surface area contributed by atoms with Crippen molar-refractivity contribution in [3.8, 4) is 5.75 Å². The van der Waals surface area contributed by atoms with Crippen molar-refractivity contribution in [3.63, 3.8) is 0 Å². The van der Waals surface area contributed by atoms with Crippen LogP contribution in [0.2, 0.25) is 5.02 Å². The number of fused-ring (bicyclic) bond motifs is 1. The van der Waals surface area contributed by atoms with Crippen LogP contribution < -0.4 is 15.7 Å². The van der Waals surface area contributed by atoms with Gasteiger partial charge in [-0.1, -0.05) is 11.6 Å². The average Bonchev–Trinajstić information content (AvgIpc) is 2.54. The minimum atomic E-state index is -0.726. The molecule has 5 nitrogen and oxygen atoms in total. The van der Waals surface area contributed by atoms with Gasteiger partial charge in [0.15, 0.2) is 5.76 Å². The van der Waals surface area contributed by atoms with E-state index in [-0.39, 0.29) is 16.5 Å². The molecule has 0 atom stereocenters. The molecule has 0 unspecified atom stereocenters. The van der Waals surface area contributed by atoms with Crippen LogP contribution in [0, 0.1) is 5.82 Å². The summed E-state index contributed by atoms with van der Waals surface area (Å²) >= 11 is 5.90. The summed E-state index contributed by atoms with van der Waals surface area (Å²) in [5.41, 5.74) is -0.410. The molecule has 2 aromatic carbocycles. The van der Waals surface area contributed by atoms with Crippen molar-refractivity contribution in [3.05, 3.63) is 69.5 Å². The van der Waals surface area contributed by atoms with Crippen LogP contribution in [-0.4, -0.2) is 13.0 Å². The van der Waals surface area contributed by atoms with Crippen molar-refractivity contribution < 1.29 is 18.3 Å². The first kappa shape index (κ1) is 16.0. The highest BCUT2D eigenvalue weighted by Crippen LogP contribution is 2.28. The van der Waals surface area contributed by atoms with Gasteiger partial charge in [0.2, 0.25) is 0 Å². The number of amides is 1. The third-order valence-electron chi connectivity index (χ3n) is 3.36. The molecular formula is C17H11ClFNO4. The van der Waals surface area contributed by atoms with E-state index in [0.29, 0.717) is 16.5 Å². The summed E-state index contributed by atoms with van der Waals surface area (Å²) in [5, 5.41) is 3.41. The third kappa shape index (κ3) is 3.09. The highest BCUT2D eigenvalue weighted by Gasteiger charge is 2.15. The Morgan fingerprint density at radius 1 is 1.21 bits per heavy atom. The summed E-state index contributed by atoms with van der Waals surface area (Å²) in [6.45, 7) is 0. The largest absolute Gasteiger partial charge is 0.495 e. The van der Waals surface area contributed by atoms with E-state index in [1.54, 1.807) is 12.1 Å². The number of nitrogens with one attached hydrogen (secondary N) is 1. The monoisotopic (exact) mass is 347 g/mol. The fourth-order valence-electron chi connectivity index (χ4n) is 2.24. The van der Waals surface area contributed by atoms with Crippen molar-refractivity contribution in [2.24, 2.45) is 0 Å². The summed E-state index contributed by atoms with van der Waals surface area (Å²) in [6, 6.07) is 9.60. The number of methoxy groups -OCH3 is 1. The van der Waals surface area contributed by atoms with Gasteiger partial charge in [-0.25, -0.2) is 9.18 Å². The molecule has 24 heavy (non-hydrogen) atoms. The minimum Gasteiger partial charge on any atom is -0.495 e. The quantitative estimate of drug-likeness (QED) is 0.781. The Hall–Kier alpha value is -2.86. The van der Waals surface area contributed by atoms with Gasteiger partial charge in [-0.2, -0.15) is 0 Å². The number of hydrogen-bond donors (Lipinski definition) is 1. The number of carbonyl (C=O) groups is 1. The number of carbonyl (C=O) groups excluding carboxylic acids is 1. The first-order valence-corrected chi connectivity index (χ1v) is 7.24. The number of ether oxygens (including phenoxy) is 1. The van der Waals surface area contributed by atoms with Gasteiger partial charge in [-0.05, 0) is 47.9 Å². The van der Waals surface area contributed by atoms with Crippen molar-refractivity contribution >= 4 is 34.0 Å². The van der Waals surface area contributed by atoms with Crippen LogP contribution in [0.4, 0.5) is 10.1 Å². The molecule has 0 bridgehead atoms. The van der Waals surface area contributed by atoms with Crippen LogP contribution in [-0.2, 0) is 0 Å². The van der Waals surface area contributed by atoms with Crippen molar-refractivity contribution in [2.75, 3.05) is 12.4 Å². The van der Waals surface area contributed by atoms with Gasteiger partial charge >= 0.3 is 5.63 Å². The molecule has 0 aliphatic carbocycles. The number of benzene rings is 2. The number of rotatable bonds is 3. The fourth-order valence-corrected chi connectivity index (χ4v) is 2.41. The van der Waals surface area contributed by atoms with Gasteiger partial charge in [0.05, 0.1) is 18.2 Å². The van der Waals surface area contributed by atoms with Crippen LogP contribution in [0.15, 0.2) is 51.7 Å². The van der Waals surface area contributed by atoms with Crippen molar-refractivity contribution in [2.45, 2.75) is 0 Å². The lowest BCUT2D eigenvalue weighted by molar-refractivity contribution is 0.0992. The molecule has 7 heteroatoms. The molecular weight excluding hydrogens is 337 g/mol. The van der Waals surface area contributed by atoms with Crippen molar-refractivity contribution in [1.29, 1.82) is 0 Å². The molecule has 0 saturated carbocycles. The molecule has 122 valence electrons. The normalized spacial score (nSPS) is 10.6. The molecule has 1 aromatic heterocycles. The Kier molecular flexibility index (Phi) is 4.22. The standard InChI is InChI=1S/C17H11ClFNO4/c1-23-14-5-2-10(18)8-13(14)20-16(21)15-7-9-6-11(19)3-4-12(9)17(22)24-15/h2-8H,1H3,(H,20,21). The van der Waals surface area contributed by atoms with Gasteiger partial charge in [0, 0.05) is 5.02 Å². The Bertz CT molecular complexity index is 1000. The summed E-state index contributed by atoms with van der Waals surface area (Å²) in [6.07, 6.45) is 0. The third-order valence-corrected chi connectivity index (χ3v) is 3.59. The Morgan fingerprint density at radius 3 is 2.75 bits per heavy atom. The van der Waals surface area contributed by atoms with Gasteiger partial charge in [0.1, 0.15) is 11.6 Å². The molecule has 0 fully saturated rings. The molecule has 1 amide bonds. The topological polar surface area (TPSA) is 68.5 Å². The highest BCUT2D eigenvalue weighted by atomic mass is 35.5. The van der Waals surface area contributed by atoms with E-state index in [2.05, 4.69) is 5.32 Å². The minimum absolute atomic E-state index is 0.188. The first-order chi connectivity index (χ1) is 11.5. The molecule has 0 aliphatic heterocycles. The number of anilines is 1. The van der Waals surface area contributed by atoms with Crippen LogP contribution in [0.1, 0.15) is 10.6 Å². The molecule has 3 rings (SSSR count). The highest BCUT2D eigenvalue weighted by molar-refractivity contribution is 6.31. The van der Waals surface area contributed by atoms with Gasteiger partial charge in [-0.15, -0.1) is 0 Å². The van der Waals surface area contributed by atoms with Crippen LogP contribution >= 0.6 is 11.6 Å². The first-order valence-electron chi connectivity index (χ1n) is 6.86. The molecule has 0 spiro atoms. The maximum atomic E-state index is 13.3. The fraction of sp³-hybridized carbons (Fsp3) is 0.0588. The van der Waals surface area contributed by atoms with Gasteiger partial charge in [0.25, 0.3) is 5.91 Å². The summed E-state index contributed by atoms with van der Waals surface area (Å²) in [4.78, 5) is 24.3. The molecule has 0 aliphatic rings. The molecule has 0 saturated heterocycles. The summed E-state index contributed by atoms with van der Waals surface area (Å²) < 4.78 is 23.5. The lowest BCUT2D eigenvalue weighted by atomic mass is 10.1. The Balaban J connectivity index is 2.00. The second-order valence-corrected chi connectivity index (χ2v) is 5.36. The van der Waals surface area contributed by atoms with E-state index < -0.39 is 17.3 Å². The Morgan fingerprint density at radius 2 is 2.00 bits per heavy atom. The van der Waals surface area contributed by atoms with E-state index in [9.17, 15) is 14.0 Å². The molecule has 3 aromatic rings. The summed E-state index contributed by atoms with van der Waals surface area (Å²) in [5.74, 6) is -1.06. The smallest absolute Gasteiger partial charge is 0.344 e. The van der Waals surface area contributed by atoms with Gasteiger partial charge < -0.3 is 14.5 Å². The van der Waals surface area contributed by atoms with E-state index in [1.807, 2.05) is 0 Å². The molecule has 1 heterocycles. The predicted molar refractivity (Wildman–Crippen MR) is 88.4 cm³/mol. The zero-order valence-corrected chi connectivity index (χ0v) is 13.2. The van der Waals surface area contributed by atoms with Crippen molar-refractivity contribution in [1.82, 2.24) is 0 Å². The maximum absolute atomic E-state index is 13.3. The zero-order valence-electron chi connectivity index (χ0n) is 12.4. The summed E-state index contributed by atoms with van der Waals surface area (Å²) in [7, 11) is 1.44. The molecule has 0 radical (unpaired) electrons. The van der Waals surface area contributed by atoms with Gasteiger partial charge in [-0.3, -0.25) is 4.79 Å². The average molecular weight is 348 g/mol. The lowest BCUT2D eigenvalue weighted by Crippen LogP contribution is -2.15. The number of hydrogen-bond acceptors (Lipinski definition) is 4. The SMILES string of the molecule is COc1ccc(Cl)cc1NC(=O)c1cc2cc(F)ccc2c(=O)o1. The van der Waals surface area contributed by atoms with Crippen LogP contribution in [0.3, 0.4) is 0 Å². The van der Waals surface area contributed by atoms with Crippen LogP contribution in [0.5, 0.6) is 5.75 Å². The zero-order chi connectivity index (χ0) is 17.3.